The van der Waals surface area contributed by atoms with E-state index in [1.807, 2.05) is 42.7 Å². The van der Waals surface area contributed by atoms with Crippen molar-refractivity contribution in [3.63, 3.8) is 0 Å². The third-order valence-corrected chi connectivity index (χ3v) is 13.1. The number of H-pyrrole nitrogens is 1. The molecule has 10 nitrogen and oxygen atoms in total. The highest BCUT2D eigenvalue weighted by molar-refractivity contribution is 5.91. The molecular formula is C53H62N2O8. The lowest BCUT2D eigenvalue weighted by Crippen LogP contribution is -2.44. The van der Waals surface area contributed by atoms with Crippen LogP contribution < -0.4 is 14.8 Å². The topological polar surface area (TPSA) is 164 Å². The van der Waals surface area contributed by atoms with E-state index in [0.717, 1.165) is 77.1 Å². The molecule has 1 saturated carbocycles. The van der Waals surface area contributed by atoms with E-state index in [-0.39, 0.29) is 36.2 Å². The maximum Gasteiger partial charge on any atom is 0.164 e. The smallest absolute Gasteiger partial charge is 0.164 e. The average molecular weight is 855 g/mol. The second-order valence-corrected chi connectivity index (χ2v) is 17.3. The van der Waals surface area contributed by atoms with Crippen molar-refractivity contribution < 1.29 is 39.8 Å². The summed E-state index contributed by atoms with van der Waals surface area (Å²) in [6, 6.07) is 28.0. The number of aliphatic hydroxyl groups is 2. The number of carbonyl (C=O) groups is 1. The number of aromatic amines is 1. The van der Waals surface area contributed by atoms with Crippen LogP contribution in [-0.4, -0.2) is 69.3 Å². The molecule has 1 fully saturated rings. The van der Waals surface area contributed by atoms with E-state index >= 15 is 4.79 Å². The van der Waals surface area contributed by atoms with Crippen LogP contribution in [0.3, 0.4) is 0 Å². The number of rotatable bonds is 20. The van der Waals surface area contributed by atoms with Crippen molar-refractivity contribution in [2.45, 2.75) is 102 Å². The molecule has 3 unspecified atom stereocenters. The van der Waals surface area contributed by atoms with E-state index < -0.39 is 29.8 Å². The lowest BCUT2D eigenvalue weighted by molar-refractivity contribution is -0.129. The van der Waals surface area contributed by atoms with Gasteiger partial charge in [-0.1, -0.05) is 67.9 Å². The SMILES string of the molecule is CCc1ccc2ccccc2c1Cc1c(CC(Cc2cc[nH]c2)C(O)CC(=O)C(CO)(Cc2ccc(O)c(OC3CCCCC3)c2)c2cc(O)cc(CNC)c2)ccc(O)c1OC. The van der Waals surface area contributed by atoms with Crippen LogP contribution in [0.4, 0.5) is 0 Å². The number of hydrogen-bond donors (Lipinski definition) is 7. The fraction of sp³-hybridized carbons (Fsp3) is 0.377. The van der Waals surface area contributed by atoms with E-state index in [1.54, 1.807) is 44.5 Å². The number of ketones is 1. The van der Waals surface area contributed by atoms with Gasteiger partial charge in [0.1, 0.15) is 11.5 Å². The molecule has 7 N–H and O–H groups in total. The number of Topliss-reactive ketones (excluding diaryl/α,β-unsaturated/α-hetero) is 1. The second kappa shape index (κ2) is 20.6. The summed E-state index contributed by atoms with van der Waals surface area (Å²) in [7, 11) is 3.34. The monoisotopic (exact) mass is 854 g/mol. The van der Waals surface area contributed by atoms with Gasteiger partial charge in [0.2, 0.25) is 0 Å². The summed E-state index contributed by atoms with van der Waals surface area (Å²) in [6.07, 6.45) is 9.35. The molecule has 63 heavy (non-hydrogen) atoms. The van der Waals surface area contributed by atoms with Crippen LogP contribution in [0.5, 0.6) is 28.7 Å². The molecule has 1 aliphatic rings. The van der Waals surface area contributed by atoms with Gasteiger partial charge in [-0.05, 0) is 150 Å². The number of aromatic hydroxyl groups is 3. The summed E-state index contributed by atoms with van der Waals surface area (Å²) in [5.74, 6) is -0.217. The highest BCUT2D eigenvalue weighted by atomic mass is 16.5. The summed E-state index contributed by atoms with van der Waals surface area (Å²) in [6.45, 7) is 1.94. The van der Waals surface area contributed by atoms with Crippen molar-refractivity contribution in [3.8, 4) is 28.7 Å². The maximum absolute atomic E-state index is 15.2. The third-order valence-electron chi connectivity index (χ3n) is 13.1. The van der Waals surface area contributed by atoms with E-state index in [9.17, 15) is 25.5 Å². The molecule has 0 bridgehead atoms. The first-order chi connectivity index (χ1) is 30.5. The quantitative estimate of drug-likeness (QED) is 0.0398. The summed E-state index contributed by atoms with van der Waals surface area (Å²) in [5.41, 5.74) is 5.17. The fourth-order valence-electron chi connectivity index (χ4n) is 9.66. The molecular weight excluding hydrogens is 793 g/mol. The highest BCUT2D eigenvalue weighted by Gasteiger charge is 2.42. The molecule has 332 valence electrons. The number of nitrogens with one attached hydrogen (secondary N) is 2. The minimum atomic E-state index is -1.59. The zero-order chi connectivity index (χ0) is 44.5. The van der Waals surface area contributed by atoms with Gasteiger partial charge in [0.15, 0.2) is 23.0 Å². The second-order valence-electron chi connectivity index (χ2n) is 17.3. The number of aryl methyl sites for hydroxylation is 1. The van der Waals surface area contributed by atoms with Crippen LogP contribution in [-0.2, 0) is 48.9 Å². The van der Waals surface area contributed by atoms with Crippen LogP contribution in [0.15, 0.2) is 103 Å². The normalized spacial score (nSPS) is 15.2. The van der Waals surface area contributed by atoms with Crippen molar-refractivity contribution in [3.05, 3.63) is 148 Å². The molecule has 3 atom stereocenters. The predicted octanol–water partition coefficient (Wildman–Crippen LogP) is 8.77. The molecule has 0 amide bonds. The number of methoxy groups -OCH3 is 1. The summed E-state index contributed by atoms with van der Waals surface area (Å²) >= 11 is 0. The average Bonchev–Trinajstić information content (AvgIpc) is 3.81. The Kier molecular flexibility index (Phi) is 14.8. The molecule has 1 aromatic heterocycles. The van der Waals surface area contributed by atoms with Gasteiger partial charge in [-0.2, -0.15) is 0 Å². The van der Waals surface area contributed by atoms with E-state index in [1.165, 1.54) is 11.6 Å². The lowest BCUT2D eigenvalue weighted by Gasteiger charge is -2.34. The summed E-state index contributed by atoms with van der Waals surface area (Å²) < 4.78 is 12.2. The number of aliphatic hydroxyl groups excluding tert-OH is 2. The zero-order valence-electron chi connectivity index (χ0n) is 36.7. The number of hydrogen-bond acceptors (Lipinski definition) is 9. The van der Waals surface area contributed by atoms with Gasteiger partial charge in [-0.25, -0.2) is 0 Å². The van der Waals surface area contributed by atoms with Crippen LogP contribution in [0, 0.1) is 5.92 Å². The Morgan fingerprint density at radius 1 is 0.857 bits per heavy atom. The van der Waals surface area contributed by atoms with Crippen LogP contribution in [0.2, 0.25) is 0 Å². The molecule has 1 heterocycles. The number of phenols is 3. The summed E-state index contributed by atoms with van der Waals surface area (Å²) in [4.78, 5) is 18.3. The van der Waals surface area contributed by atoms with Crippen molar-refractivity contribution in [2.24, 2.45) is 5.92 Å². The van der Waals surface area contributed by atoms with Gasteiger partial charge < -0.3 is 45.3 Å². The van der Waals surface area contributed by atoms with Crippen LogP contribution in [0.1, 0.15) is 90.0 Å². The van der Waals surface area contributed by atoms with Gasteiger partial charge >= 0.3 is 0 Å². The largest absolute Gasteiger partial charge is 0.508 e. The molecule has 0 spiro atoms. The first kappa shape index (κ1) is 45.2. The first-order valence-electron chi connectivity index (χ1n) is 22.3. The van der Waals surface area contributed by atoms with Crippen molar-refractivity contribution in [1.29, 1.82) is 0 Å². The van der Waals surface area contributed by atoms with Crippen molar-refractivity contribution >= 4 is 16.6 Å². The van der Waals surface area contributed by atoms with Gasteiger partial charge in [0.05, 0.1) is 31.3 Å². The minimum Gasteiger partial charge on any atom is -0.508 e. The van der Waals surface area contributed by atoms with E-state index in [2.05, 4.69) is 41.5 Å². The first-order valence-corrected chi connectivity index (χ1v) is 22.3. The van der Waals surface area contributed by atoms with Crippen LogP contribution in [0.25, 0.3) is 10.8 Å². The Morgan fingerprint density at radius 3 is 2.37 bits per heavy atom. The number of aromatic nitrogens is 1. The predicted molar refractivity (Wildman–Crippen MR) is 247 cm³/mol. The Balaban J connectivity index is 1.26. The molecule has 1 aliphatic carbocycles. The van der Waals surface area contributed by atoms with Gasteiger partial charge in [0.25, 0.3) is 0 Å². The molecule has 0 aliphatic heterocycles. The fourth-order valence-corrected chi connectivity index (χ4v) is 9.66. The van der Waals surface area contributed by atoms with Crippen LogP contribution >= 0.6 is 0 Å². The van der Waals surface area contributed by atoms with E-state index in [0.29, 0.717) is 48.4 Å². The number of phenolic OH excluding ortho intramolecular Hbond substituents is 3. The number of fused-ring (bicyclic) bond motifs is 1. The van der Waals surface area contributed by atoms with Gasteiger partial charge in [0, 0.05) is 37.3 Å². The van der Waals surface area contributed by atoms with Gasteiger partial charge in [-0.3, -0.25) is 4.79 Å². The Morgan fingerprint density at radius 2 is 1.63 bits per heavy atom. The lowest BCUT2D eigenvalue weighted by atomic mass is 9.70. The number of carbonyl (C=O) groups excluding carboxylic acids is 1. The molecule has 7 rings (SSSR count). The highest BCUT2D eigenvalue weighted by Crippen LogP contribution is 2.41. The number of ether oxygens (including phenoxy) is 2. The summed E-state index contributed by atoms with van der Waals surface area (Å²) in [5, 5.41) is 62.3. The Labute approximate surface area is 370 Å². The molecule has 6 aromatic rings. The number of benzene rings is 5. The third kappa shape index (κ3) is 10.4. The molecule has 5 aromatic carbocycles. The molecule has 10 heteroatoms. The minimum absolute atomic E-state index is 0.00136. The standard InChI is InChI=1S/C53H62N2O8/c1-4-37-15-16-38-10-8-9-13-44(38)45(37)28-46-39(17-19-48(59)52(46)62-3)26-40(22-35-20-21-55-32-35)49(60)29-51(61)53(33-56,41-23-36(31-54-2)24-42(57)27-41)30-34-14-18-47(58)50(25-34)63-43-11-6-5-7-12-43/h8-10,13-21,23-25,27,32,40,43,49,54-60H,4-7,11-12,22,26,28-31,33H2,1-3H3. The zero-order valence-corrected chi connectivity index (χ0v) is 36.7. The van der Waals surface area contributed by atoms with Crippen molar-refractivity contribution in [2.75, 3.05) is 20.8 Å². The van der Waals surface area contributed by atoms with Crippen molar-refractivity contribution in [1.82, 2.24) is 10.3 Å². The maximum atomic E-state index is 15.2. The Hall–Kier alpha value is -5.81. The molecule has 0 radical (unpaired) electrons. The van der Waals surface area contributed by atoms with Gasteiger partial charge in [-0.15, -0.1) is 0 Å². The van der Waals surface area contributed by atoms with E-state index in [4.69, 9.17) is 9.47 Å². The molecule has 0 saturated heterocycles. The Bertz CT molecular complexity index is 2480.